The maximum atomic E-state index is 13.2. The minimum Gasteiger partial charge on any atom is -0.453 e. The van der Waals surface area contributed by atoms with Crippen LogP contribution >= 0.6 is 23.5 Å². The molecule has 6 atom stereocenters. The molecule has 48 heavy (non-hydrogen) atoms. The molecule has 4 aromatic rings. The fourth-order valence-electron chi connectivity index (χ4n) is 4.46. The molecule has 0 bridgehead atoms. The van der Waals surface area contributed by atoms with Gasteiger partial charge in [0, 0.05) is 11.1 Å². The fourth-order valence-corrected chi connectivity index (χ4v) is 7.49. The number of phosphoric ester groups is 1. The topological polar surface area (TPSA) is 337 Å². The van der Waals surface area contributed by atoms with Gasteiger partial charge in [-0.1, -0.05) is 42.5 Å². The predicted octanol–water partition coefficient (Wildman–Crippen LogP) is 1.63. The normalized spacial score (nSPS) is 21.9. The molecule has 2 aromatic heterocycles. The van der Waals surface area contributed by atoms with E-state index in [0.29, 0.717) is 5.56 Å². The summed E-state index contributed by atoms with van der Waals surface area (Å²) in [7, 11) is -17.1. The van der Waals surface area contributed by atoms with E-state index in [1.54, 1.807) is 30.3 Å². The van der Waals surface area contributed by atoms with Gasteiger partial charge in [0.2, 0.25) is 0 Å². The first-order valence-corrected chi connectivity index (χ1v) is 17.5. The lowest BCUT2D eigenvalue weighted by atomic mass is 10.0. The molecule has 0 spiro atoms. The number of hydrogen-bond donors (Lipinski definition) is 7. The summed E-state index contributed by atoms with van der Waals surface area (Å²) in [4.78, 5) is 74.6. The number of phosphoric acid groups is 3. The van der Waals surface area contributed by atoms with Crippen molar-refractivity contribution >= 4 is 52.2 Å². The molecule has 0 aliphatic carbocycles. The van der Waals surface area contributed by atoms with Crippen LogP contribution in [0.15, 0.2) is 67.3 Å². The number of nitrogens with zero attached hydrogens (tertiary/aromatic N) is 4. The summed E-state index contributed by atoms with van der Waals surface area (Å²) >= 11 is 0. The molecule has 2 unspecified atom stereocenters. The summed E-state index contributed by atoms with van der Waals surface area (Å²) in [6.45, 7) is -1.07. The van der Waals surface area contributed by atoms with E-state index in [9.17, 15) is 38.2 Å². The summed E-state index contributed by atoms with van der Waals surface area (Å²) in [5.74, 6) is -1.35. The number of esters is 1. The number of fused-ring (bicyclic) bond motifs is 1. The molecule has 24 heteroatoms. The zero-order chi connectivity index (χ0) is 34.1. The van der Waals surface area contributed by atoms with Gasteiger partial charge in [-0.05, 0) is 12.1 Å². The lowest BCUT2D eigenvalue weighted by Gasteiger charge is -2.22. The Balaban J connectivity index is 0.00000520. The number of nitrogen functional groups attached to an aromatic ring is 1. The summed E-state index contributed by atoms with van der Waals surface area (Å²) in [5.41, 5.74) is 6.64. The van der Waals surface area contributed by atoms with Gasteiger partial charge in [-0.25, -0.2) is 33.4 Å². The summed E-state index contributed by atoms with van der Waals surface area (Å²) in [6, 6.07) is 13.7. The Hall–Kier alpha value is -3.78. The van der Waals surface area contributed by atoms with Gasteiger partial charge in [0.15, 0.2) is 29.6 Å². The molecule has 0 radical (unpaired) electrons. The van der Waals surface area contributed by atoms with Gasteiger partial charge in [-0.2, -0.15) is 8.62 Å². The van der Waals surface area contributed by atoms with Gasteiger partial charge >= 0.3 is 29.4 Å². The Morgan fingerprint density at radius 1 is 0.875 bits per heavy atom. The van der Waals surface area contributed by atoms with Crippen LogP contribution in [0.2, 0.25) is 0 Å². The quantitative estimate of drug-likeness (QED) is 0.0618. The number of hydrogen-bond acceptors (Lipinski definition) is 16. The third-order valence-electron chi connectivity index (χ3n) is 6.45. The second-order valence-corrected chi connectivity index (χ2v) is 14.1. The molecule has 10 N–H and O–H groups in total. The molecule has 1 aliphatic rings. The van der Waals surface area contributed by atoms with Crippen LogP contribution in [0.1, 0.15) is 32.5 Å². The van der Waals surface area contributed by atoms with Crippen molar-refractivity contribution in [3.63, 3.8) is 0 Å². The number of ether oxygens (including phenoxy) is 2. The van der Waals surface area contributed by atoms with E-state index in [-0.39, 0.29) is 40.0 Å². The molecule has 258 valence electrons. The third kappa shape index (κ3) is 8.62. The number of carbonyl (C=O) groups is 2. The number of anilines is 1. The van der Waals surface area contributed by atoms with Crippen molar-refractivity contribution in [3.8, 4) is 0 Å². The Morgan fingerprint density at radius 2 is 1.50 bits per heavy atom. The van der Waals surface area contributed by atoms with Crippen LogP contribution in [0.4, 0.5) is 5.82 Å². The molecule has 2 aromatic carbocycles. The summed E-state index contributed by atoms with van der Waals surface area (Å²) in [6.07, 6.45) is -4.15. The van der Waals surface area contributed by atoms with Crippen LogP contribution in [0.3, 0.4) is 0 Å². The maximum Gasteiger partial charge on any atom is 0.490 e. The zero-order valence-corrected chi connectivity index (χ0v) is 26.8. The molecular formula is C24H27N6O15P3. The van der Waals surface area contributed by atoms with Crippen LogP contribution in [-0.2, 0) is 36.3 Å². The average molecular weight is 732 g/mol. The van der Waals surface area contributed by atoms with Gasteiger partial charge in [0.1, 0.15) is 24.1 Å². The average Bonchev–Trinajstić information content (AvgIpc) is 3.56. The lowest BCUT2D eigenvalue weighted by molar-refractivity contribution is -0.0520. The van der Waals surface area contributed by atoms with E-state index in [1.165, 1.54) is 35.2 Å². The fraction of sp³-hybridized carbons (Fsp3) is 0.208. The minimum absolute atomic E-state index is 0. The highest BCUT2D eigenvalue weighted by atomic mass is 31.3. The maximum absolute atomic E-state index is 13.2. The molecule has 0 amide bonds. The van der Waals surface area contributed by atoms with Gasteiger partial charge in [0.05, 0.1) is 18.5 Å². The van der Waals surface area contributed by atoms with E-state index in [2.05, 4.69) is 28.1 Å². The highest BCUT2D eigenvalue weighted by molar-refractivity contribution is 7.66. The third-order valence-corrected chi connectivity index (χ3v) is 10.3. The minimum atomic E-state index is -5.84. The lowest BCUT2D eigenvalue weighted by Crippen LogP contribution is -2.38. The largest absolute Gasteiger partial charge is 0.490 e. The van der Waals surface area contributed by atoms with Crippen molar-refractivity contribution in [1.82, 2.24) is 25.7 Å². The van der Waals surface area contributed by atoms with Crippen LogP contribution in [0, 0.1) is 0 Å². The van der Waals surface area contributed by atoms with Gasteiger partial charge < -0.3 is 46.0 Å². The van der Waals surface area contributed by atoms with Crippen molar-refractivity contribution in [1.29, 1.82) is 0 Å². The SMILES string of the molecule is N.Nc1ncnc2c1ncn2[C@@H]1O[C@H](COP(=O)(O)OP(=O)(O)OP(=O)(O)O)[C@@H](OC(=O)c2ccc(C(=O)c3ccccc3)cc2)[C@H]1O. The number of benzene rings is 2. The van der Waals surface area contributed by atoms with Crippen LogP contribution in [-0.4, -0.2) is 80.9 Å². The second-order valence-electron chi connectivity index (χ2n) is 9.67. The number of imidazole rings is 1. The second kappa shape index (κ2) is 14.4. The van der Waals surface area contributed by atoms with Crippen molar-refractivity contribution in [2.45, 2.75) is 24.5 Å². The Kier molecular flexibility index (Phi) is 11.1. The highest BCUT2D eigenvalue weighted by Gasteiger charge is 2.49. The first kappa shape index (κ1) is 37.0. The number of carbonyl (C=O) groups excluding carboxylic acids is 2. The first-order valence-electron chi connectivity index (χ1n) is 13.0. The standard InChI is InChI=1S/C24H24N5O15P3.H3N/c25-21-17-22(27-11-26-21)29(12-28-17)23-19(31)20(16(41-23)10-40-46(36,37)44-47(38,39)43-45(33,34)35)42-24(32)15-8-6-14(7-9-15)18(30)13-4-2-1-3-5-13;/h1-9,11-12,16,19-20,23,31H,10H2,(H,36,37)(H,38,39)(H2,25,26,27)(H2,33,34,35);1H3/t16-,19-,20-,23-;/m1./s1. The number of nitrogens with two attached hydrogens (primary N) is 1. The number of rotatable bonds is 12. The smallest absolute Gasteiger partial charge is 0.453 e. The predicted molar refractivity (Wildman–Crippen MR) is 160 cm³/mol. The Labute approximate surface area is 269 Å². The molecule has 21 nitrogen and oxygen atoms in total. The zero-order valence-electron chi connectivity index (χ0n) is 24.1. The van der Waals surface area contributed by atoms with Crippen LogP contribution < -0.4 is 11.9 Å². The highest BCUT2D eigenvalue weighted by Crippen LogP contribution is 2.66. The molecule has 1 fully saturated rings. The molecule has 3 heterocycles. The molecule has 1 saturated heterocycles. The molecule has 0 saturated carbocycles. The first-order chi connectivity index (χ1) is 22.0. The molecule has 1 aliphatic heterocycles. The monoisotopic (exact) mass is 732 g/mol. The van der Waals surface area contributed by atoms with E-state index in [0.717, 1.165) is 6.33 Å². The van der Waals surface area contributed by atoms with Crippen LogP contribution in [0.5, 0.6) is 0 Å². The Morgan fingerprint density at radius 3 is 2.15 bits per heavy atom. The van der Waals surface area contributed by atoms with Crippen molar-refractivity contribution in [2.75, 3.05) is 12.3 Å². The number of ketones is 1. The summed E-state index contributed by atoms with van der Waals surface area (Å²) in [5, 5.41) is 11.2. The molecule has 5 rings (SSSR count). The number of aliphatic hydroxyl groups is 1. The van der Waals surface area contributed by atoms with E-state index >= 15 is 0 Å². The van der Waals surface area contributed by atoms with Crippen molar-refractivity contribution in [2.24, 2.45) is 0 Å². The van der Waals surface area contributed by atoms with Crippen molar-refractivity contribution in [3.05, 3.63) is 83.9 Å². The number of aromatic nitrogens is 4. The summed E-state index contributed by atoms with van der Waals surface area (Å²) < 4.78 is 59.5. The van der Waals surface area contributed by atoms with E-state index in [4.69, 9.17) is 25.0 Å². The van der Waals surface area contributed by atoms with Gasteiger partial charge in [0.25, 0.3) is 0 Å². The molecular weight excluding hydrogens is 705 g/mol. The van der Waals surface area contributed by atoms with E-state index < -0.39 is 60.6 Å². The van der Waals surface area contributed by atoms with Crippen molar-refractivity contribution < 1.29 is 70.6 Å². The van der Waals surface area contributed by atoms with E-state index in [1.807, 2.05) is 0 Å². The number of aliphatic hydroxyl groups excluding tert-OH is 1. The Bertz CT molecular complexity index is 1940. The van der Waals surface area contributed by atoms with Gasteiger partial charge in [-0.3, -0.25) is 13.9 Å². The van der Waals surface area contributed by atoms with Crippen LogP contribution in [0.25, 0.3) is 11.2 Å². The van der Waals surface area contributed by atoms with Gasteiger partial charge in [-0.15, -0.1) is 0 Å².